The molecule has 0 aromatic carbocycles. The predicted molar refractivity (Wildman–Crippen MR) is 101 cm³/mol. The van der Waals surface area contributed by atoms with Crippen LogP contribution in [0.25, 0.3) is 16.9 Å². The molecule has 0 saturated heterocycles. The molecule has 0 aliphatic heterocycles. The molecule has 0 atom stereocenters. The number of pyridine rings is 1. The first kappa shape index (κ1) is 16.4. The molecular formula is C17H14BrN7O. The topological polar surface area (TPSA) is 90.0 Å². The van der Waals surface area contributed by atoms with Crippen molar-refractivity contribution in [1.29, 1.82) is 0 Å². The summed E-state index contributed by atoms with van der Waals surface area (Å²) >= 11 is 3.44. The lowest BCUT2D eigenvalue weighted by Gasteiger charge is -2.07. The fourth-order valence-electron chi connectivity index (χ4n) is 2.53. The van der Waals surface area contributed by atoms with E-state index in [2.05, 4.69) is 41.2 Å². The summed E-state index contributed by atoms with van der Waals surface area (Å²) in [5.41, 5.74) is 2.99. The Balaban J connectivity index is 1.52. The summed E-state index contributed by atoms with van der Waals surface area (Å²) in [6.07, 6.45) is 10.4. The van der Waals surface area contributed by atoms with Gasteiger partial charge in [-0.1, -0.05) is 0 Å². The van der Waals surface area contributed by atoms with Gasteiger partial charge in [0.05, 0.1) is 36.5 Å². The van der Waals surface area contributed by atoms with Crippen LogP contribution in [0.5, 0.6) is 0 Å². The highest BCUT2D eigenvalue weighted by molar-refractivity contribution is 9.10. The summed E-state index contributed by atoms with van der Waals surface area (Å²) < 4.78 is 4.27. The van der Waals surface area contributed by atoms with E-state index in [0.29, 0.717) is 18.1 Å². The van der Waals surface area contributed by atoms with Gasteiger partial charge in [0.1, 0.15) is 4.60 Å². The smallest absolute Gasteiger partial charge is 0.250 e. The van der Waals surface area contributed by atoms with E-state index in [9.17, 15) is 4.79 Å². The Morgan fingerprint density at radius 2 is 2.00 bits per heavy atom. The standard InChI is InChI=1S/C17H14BrN7O/c1-24-10-11(2-3-15(24)26)13-8-20-12(6-21-13)7-22-16-17-23-9-14(18)25(17)5-4-19-16/h2-6,8-10H,7H2,1H3,(H,19,22). The minimum Gasteiger partial charge on any atom is -0.361 e. The normalized spacial score (nSPS) is 11.0. The van der Waals surface area contributed by atoms with Crippen LogP contribution in [0.4, 0.5) is 5.82 Å². The van der Waals surface area contributed by atoms with Gasteiger partial charge in [-0.3, -0.25) is 19.2 Å². The highest BCUT2D eigenvalue weighted by atomic mass is 79.9. The summed E-state index contributed by atoms with van der Waals surface area (Å²) in [6, 6.07) is 3.26. The van der Waals surface area contributed by atoms with Crippen molar-refractivity contribution in [3.8, 4) is 11.3 Å². The first-order chi connectivity index (χ1) is 12.6. The molecule has 4 heterocycles. The molecule has 0 aliphatic rings. The third kappa shape index (κ3) is 3.08. The molecule has 0 bridgehead atoms. The minimum atomic E-state index is -0.0603. The number of hydrogen-bond acceptors (Lipinski definition) is 6. The number of nitrogens with one attached hydrogen (secondary N) is 1. The van der Waals surface area contributed by atoms with Crippen LogP contribution in [0.15, 0.2) is 58.7 Å². The second kappa shape index (κ2) is 6.68. The minimum absolute atomic E-state index is 0.0603. The zero-order valence-electron chi connectivity index (χ0n) is 13.8. The monoisotopic (exact) mass is 411 g/mol. The summed E-state index contributed by atoms with van der Waals surface area (Å²) in [5.74, 6) is 0.669. The van der Waals surface area contributed by atoms with E-state index >= 15 is 0 Å². The Kier molecular flexibility index (Phi) is 4.21. The summed E-state index contributed by atoms with van der Waals surface area (Å²) in [7, 11) is 1.71. The van der Waals surface area contributed by atoms with Crippen LogP contribution in [0.2, 0.25) is 0 Å². The third-order valence-corrected chi connectivity index (χ3v) is 4.49. The molecule has 1 N–H and O–H groups in total. The van der Waals surface area contributed by atoms with Crippen LogP contribution < -0.4 is 10.9 Å². The highest BCUT2D eigenvalue weighted by Gasteiger charge is 2.08. The van der Waals surface area contributed by atoms with Crippen LogP contribution >= 0.6 is 15.9 Å². The van der Waals surface area contributed by atoms with E-state index in [1.54, 1.807) is 44.1 Å². The van der Waals surface area contributed by atoms with Crippen molar-refractivity contribution in [3.63, 3.8) is 0 Å². The van der Waals surface area contributed by atoms with Gasteiger partial charge in [-0.2, -0.15) is 0 Å². The molecule has 0 amide bonds. The van der Waals surface area contributed by atoms with Gasteiger partial charge in [0, 0.05) is 37.3 Å². The van der Waals surface area contributed by atoms with Crippen molar-refractivity contribution in [2.75, 3.05) is 5.32 Å². The van der Waals surface area contributed by atoms with Crippen molar-refractivity contribution >= 4 is 27.4 Å². The Hall–Kier alpha value is -3.07. The average molecular weight is 412 g/mol. The van der Waals surface area contributed by atoms with Gasteiger partial charge in [-0.25, -0.2) is 9.97 Å². The first-order valence-corrected chi connectivity index (χ1v) is 8.60. The number of imidazole rings is 1. The van der Waals surface area contributed by atoms with Gasteiger partial charge in [0.2, 0.25) is 5.56 Å². The molecular weight excluding hydrogens is 398 g/mol. The molecule has 9 heteroatoms. The fraction of sp³-hybridized carbons (Fsp3) is 0.118. The Bertz CT molecular complexity index is 1130. The molecule has 0 aliphatic carbocycles. The lowest BCUT2D eigenvalue weighted by molar-refractivity contribution is 0.861. The molecule has 0 fully saturated rings. The largest absolute Gasteiger partial charge is 0.361 e. The van der Waals surface area contributed by atoms with Crippen molar-refractivity contribution < 1.29 is 0 Å². The molecule has 4 aromatic heterocycles. The van der Waals surface area contributed by atoms with E-state index in [4.69, 9.17) is 0 Å². The van der Waals surface area contributed by atoms with Crippen LogP contribution in [-0.2, 0) is 13.6 Å². The molecule has 130 valence electrons. The molecule has 0 saturated carbocycles. The van der Waals surface area contributed by atoms with E-state index in [-0.39, 0.29) is 5.56 Å². The maximum Gasteiger partial charge on any atom is 0.250 e. The SMILES string of the molecule is Cn1cc(-c2cnc(CNc3nccn4c(Br)cnc34)cn2)ccc1=O. The molecule has 26 heavy (non-hydrogen) atoms. The maximum atomic E-state index is 11.5. The summed E-state index contributed by atoms with van der Waals surface area (Å²) in [6.45, 7) is 0.470. The molecule has 4 rings (SSSR count). The van der Waals surface area contributed by atoms with E-state index in [1.807, 2.05) is 10.6 Å². The summed E-state index contributed by atoms with van der Waals surface area (Å²) in [5, 5.41) is 3.23. The number of rotatable bonds is 4. The maximum absolute atomic E-state index is 11.5. The predicted octanol–water partition coefficient (Wildman–Crippen LogP) is 2.26. The Morgan fingerprint density at radius 1 is 1.12 bits per heavy atom. The van der Waals surface area contributed by atoms with Crippen molar-refractivity contribution in [1.82, 2.24) is 28.9 Å². The zero-order chi connectivity index (χ0) is 18.1. The number of anilines is 1. The van der Waals surface area contributed by atoms with Gasteiger partial charge in [0.25, 0.3) is 0 Å². The number of aryl methyl sites for hydroxylation is 1. The van der Waals surface area contributed by atoms with Crippen LogP contribution in [0.3, 0.4) is 0 Å². The van der Waals surface area contributed by atoms with Crippen molar-refractivity contribution in [2.24, 2.45) is 7.05 Å². The number of halogens is 1. The van der Waals surface area contributed by atoms with E-state index < -0.39 is 0 Å². The van der Waals surface area contributed by atoms with Gasteiger partial charge in [-0.15, -0.1) is 0 Å². The van der Waals surface area contributed by atoms with Crippen molar-refractivity contribution in [2.45, 2.75) is 6.54 Å². The number of fused-ring (bicyclic) bond motifs is 1. The second-order valence-corrected chi connectivity index (χ2v) is 6.48. The van der Waals surface area contributed by atoms with Crippen molar-refractivity contribution in [3.05, 3.63) is 70.0 Å². The molecule has 0 radical (unpaired) electrons. The summed E-state index contributed by atoms with van der Waals surface area (Å²) in [4.78, 5) is 29.0. The second-order valence-electron chi connectivity index (χ2n) is 5.66. The first-order valence-electron chi connectivity index (χ1n) is 7.81. The average Bonchev–Trinajstić information content (AvgIpc) is 3.04. The molecule has 0 unspecified atom stereocenters. The Labute approximate surface area is 156 Å². The van der Waals surface area contributed by atoms with Gasteiger partial charge in [0.15, 0.2) is 11.5 Å². The quantitative estimate of drug-likeness (QED) is 0.553. The lowest BCUT2D eigenvalue weighted by atomic mass is 10.2. The highest BCUT2D eigenvalue weighted by Crippen LogP contribution is 2.18. The Morgan fingerprint density at radius 3 is 2.77 bits per heavy atom. The molecule has 0 spiro atoms. The zero-order valence-corrected chi connectivity index (χ0v) is 15.4. The van der Waals surface area contributed by atoms with E-state index in [1.165, 1.54) is 10.6 Å². The van der Waals surface area contributed by atoms with Gasteiger partial charge >= 0.3 is 0 Å². The van der Waals surface area contributed by atoms with E-state index in [0.717, 1.165) is 21.5 Å². The molecule has 4 aromatic rings. The number of aromatic nitrogens is 6. The number of hydrogen-bond donors (Lipinski definition) is 1. The van der Waals surface area contributed by atoms with Crippen LogP contribution in [0, 0.1) is 0 Å². The van der Waals surface area contributed by atoms with Crippen LogP contribution in [-0.4, -0.2) is 28.9 Å². The van der Waals surface area contributed by atoms with Crippen LogP contribution in [0.1, 0.15) is 5.69 Å². The third-order valence-electron chi connectivity index (χ3n) is 3.91. The van der Waals surface area contributed by atoms with Gasteiger partial charge in [-0.05, 0) is 22.0 Å². The van der Waals surface area contributed by atoms with Gasteiger partial charge < -0.3 is 9.88 Å². The number of nitrogens with zero attached hydrogens (tertiary/aromatic N) is 6. The molecule has 8 nitrogen and oxygen atoms in total. The lowest BCUT2D eigenvalue weighted by Crippen LogP contribution is -2.14. The fourth-order valence-corrected chi connectivity index (χ4v) is 2.92.